The lowest BCUT2D eigenvalue weighted by Crippen LogP contribution is -2.04. The Morgan fingerprint density at radius 3 is 2.93 bits per heavy atom. The number of methoxy groups -OCH3 is 1. The van der Waals surface area contributed by atoms with Crippen molar-refractivity contribution in [3.05, 3.63) is 23.2 Å². The maximum atomic E-state index is 5.91. The lowest BCUT2D eigenvalue weighted by atomic mass is 10.3. The minimum Gasteiger partial charge on any atom is -0.495 e. The van der Waals surface area contributed by atoms with Crippen molar-refractivity contribution in [2.24, 2.45) is 5.92 Å². The number of anilines is 1. The topological polar surface area (TPSA) is 21.3 Å². The van der Waals surface area contributed by atoms with Crippen LogP contribution in [0.4, 0.5) is 5.69 Å². The van der Waals surface area contributed by atoms with Gasteiger partial charge in [0.15, 0.2) is 0 Å². The third-order valence-corrected chi connectivity index (χ3v) is 2.67. The molecule has 0 aromatic heterocycles. The van der Waals surface area contributed by atoms with E-state index in [1.54, 1.807) is 7.11 Å². The summed E-state index contributed by atoms with van der Waals surface area (Å²) in [5.41, 5.74) is 0.993. The van der Waals surface area contributed by atoms with Crippen LogP contribution >= 0.6 is 11.6 Å². The Hall–Kier alpha value is -0.890. The van der Waals surface area contributed by atoms with Crippen LogP contribution in [0.2, 0.25) is 5.02 Å². The second kappa shape index (κ2) is 4.09. The van der Waals surface area contributed by atoms with Gasteiger partial charge in [-0.15, -0.1) is 0 Å². The van der Waals surface area contributed by atoms with Gasteiger partial charge in [-0.05, 0) is 37.0 Å². The van der Waals surface area contributed by atoms with E-state index in [2.05, 4.69) is 5.32 Å². The van der Waals surface area contributed by atoms with Crippen LogP contribution < -0.4 is 10.1 Å². The molecule has 0 saturated heterocycles. The summed E-state index contributed by atoms with van der Waals surface area (Å²) in [7, 11) is 1.67. The van der Waals surface area contributed by atoms with Crippen LogP contribution in [0.3, 0.4) is 0 Å². The molecule has 1 aromatic carbocycles. The van der Waals surface area contributed by atoms with Gasteiger partial charge in [0.2, 0.25) is 0 Å². The van der Waals surface area contributed by atoms with Gasteiger partial charge in [-0.25, -0.2) is 0 Å². The largest absolute Gasteiger partial charge is 0.495 e. The number of halogens is 1. The summed E-state index contributed by atoms with van der Waals surface area (Å²) in [4.78, 5) is 0. The minimum absolute atomic E-state index is 0.740. The van der Waals surface area contributed by atoms with Crippen molar-refractivity contribution in [1.82, 2.24) is 0 Å². The Morgan fingerprint density at radius 1 is 1.50 bits per heavy atom. The fourth-order valence-electron chi connectivity index (χ4n) is 1.39. The minimum atomic E-state index is 0.740. The Balaban J connectivity index is 2.07. The predicted octanol–water partition coefficient (Wildman–Crippen LogP) is 3.17. The van der Waals surface area contributed by atoms with Gasteiger partial charge in [-0.1, -0.05) is 11.6 Å². The third-order valence-electron chi connectivity index (χ3n) is 2.44. The van der Waals surface area contributed by atoms with Crippen molar-refractivity contribution in [3.63, 3.8) is 0 Å². The van der Waals surface area contributed by atoms with Crippen molar-refractivity contribution in [1.29, 1.82) is 0 Å². The maximum absolute atomic E-state index is 5.91. The molecule has 1 N–H and O–H groups in total. The molecule has 0 bridgehead atoms. The van der Waals surface area contributed by atoms with Crippen molar-refractivity contribution < 1.29 is 4.74 Å². The maximum Gasteiger partial charge on any atom is 0.142 e. The number of rotatable bonds is 4. The summed E-state index contributed by atoms with van der Waals surface area (Å²) in [5, 5.41) is 4.10. The molecule has 0 amide bonds. The molecule has 0 radical (unpaired) electrons. The lowest BCUT2D eigenvalue weighted by Gasteiger charge is -2.10. The summed E-state index contributed by atoms with van der Waals surface area (Å²) in [6.07, 6.45) is 2.69. The summed E-state index contributed by atoms with van der Waals surface area (Å²) in [6.45, 7) is 1.02. The molecule has 0 aliphatic heterocycles. The first-order valence-electron chi connectivity index (χ1n) is 4.87. The highest BCUT2D eigenvalue weighted by molar-refractivity contribution is 6.30. The molecule has 1 aromatic rings. The van der Waals surface area contributed by atoms with Crippen LogP contribution in [0.15, 0.2) is 18.2 Å². The van der Waals surface area contributed by atoms with Gasteiger partial charge in [0.25, 0.3) is 0 Å². The van der Waals surface area contributed by atoms with Gasteiger partial charge < -0.3 is 10.1 Å². The van der Waals surface area contributed by atoms with Gasteiger partial charge in [0.1, 0.15) is 5.75 Å². The van der Waals surface area contributed by atoms with Crippen LogP contribution in [0.1, 0.15) is 12.8 Å². The monoisotopic (exact) mass is 211 g/mol. The number of ether oxygens (including phenoxy) is 1. The summed E-state index contributed by atoms with van der Waals surface area (Å²) >= 11 is 5.91. The first kappa shape index (κ1) is 9.66. The van der Waals surface area contributed by atoms with Crippen LogP contribution in [-0.4, -0.2) is 13.7 Å². The van der Waals surface area contributed by atoms with E-state index in [-0.39, 0.29) is 0 Å². The smallest absolute Gasteiger partial charge is 0.142 e. The molecular weight excluding hydrogens is 198 g/mol. The highest BCUT2D eigenvalue weighted by Gasteiger charge is 2.21. The van der Waals surface area contributed by atoms with Gasteiger partial charge in [0, 0.05) is 11.6 Å². The second-order valence-electron chi connectivity index (χ2n) is 3.67. The first-order chi connectivity index (χ1) is 6.79. The number of benzene rings is 1. The fraction of sp³-hybridized carbons (Fsp3) is 0.455. The van der Waals surface area contributed by atoms with E-state index in [0.29, 0.717) is 0 Å². The van der Waals surface area contributed by atoms with Crippen LogP contribution in [0.25, 0.3) is 0 Å². The fourth-order valence-corrected chi connectivity index (χ4v) is 1.57. The molecule has 0 heterocycles. The molecule has 0 atom stereocenters. The van der Waals surface area contributed by atoms with E-state index in [4.69, 9.17) is 16.3 Å². The Morgan fingerprint density at radius 2 is 2.29 bits per heavy atom. The molecule has 76 valence electrons. The molecule has 1 saturated carbocycles. The average Bonchev–Trinajstić information content (AvgIpc) is 2.98. The zero-order valence-electron chi connectivity index (χ0n) is 8.22. The van der Waals surface area contributed by atoms with Gasteiger partial charge in [0.05, 0.1) is 12.8 Å². The molecule has 0 unspecified atom stereocenters. The van der Waals surface area contributed by atoms with Crippen molar-refractivity contribution in [3.8, 4) is 5.75 Å². The Kier molecular flexibility index (Phi) is 2.82. The highest BCUT2D eigenvalue weighted by atomic mass is 35.5. The van der Waals surface area contributed by atoms with Gasteiger partial charge in [-0.3, -0.25) is 0 Å². The zero-order chi connectivity index (χ0) is 9.97. The van der Waals surface area contributed by atoms with Crippen molar-refractivity contribution in [2.45, 2.75) is 12.8 Å². The van der Waals surface area contributed by atoms with Crippen molar-refractivity contribution in [2.75, 3.05) is 19.0 Å². The van der Waals surface area contributed by atoms with Crippen LogP contribution in [0, 0.1) is 5.92 Å². The summed E-state index contributed by atoms with van der Waals surface area (Å²) in [6, 6.07) is 5.63. The van der Waals surface area contributed by atoms with Crippen LogP contribution in [0.5, 0.6) is 5.75 Å². The molecule has 2 rings (SSSR count). The lowest BCUT2D eigenvalue weighted by molar-refractivity contribution is 0.416. The van der Waals surface area contributed by atoms with E-state index in [1.165, 1.54) is 12.8 Å². The quantitative estimate of drug-likeness (QED) is 0.826. The van der Waals surface area contributed by atoms with Crippen molar-refractivity contribution >= 4 is 17.3 Å². The molecule has 1 aliphatic rings. The Labute approximate surface area is 89.2 Å². The van der Waals surface area contributed by atoms with Gasteiger partial charge in [-0.2, -0.15) is 0 Å². The summed E-state index contributed by atoms with van der Waals surface area (Å²) < 4.78 is 5.23. The SMILES string of the molecule is COc1ccc(Cl)cc1NCC1CC1. The Bertz CT molecular complexity index is 323. The summed E-state index contributed by atoms with van der Waals surface area (Å²) in [5.74, 6) is 1.70. The predicted molar refractivity (Wildman–Crippen MR) is 59.2 cm³/mol. The number of nitrogens with one attached hydrogen (secondary N) is 1. The number of hydrogen-bond donors (Lipinski definition) is 1. The van der Waals surface area contributed by atoms with E-state index < -0.39 is 0 Å². The van der Waals surface area contributed by atoms with Crippen LogP contribution in [-0.2, 0) is 0 Å². The van der Waals surface area contributed by atoms with E-state index >= 15 is 0 Å². The highest BCUT2D eigenvalue weighted by Crippen LogP contribution is 2.32. The van der Waals surface area contributed by atoms with Gasteiger partial charge >= 0.3 is 0 Å². The molecule has 1 aliphatic carbocycles. The normalized spacial score (nSPS) is 15.3. The first-order valence-corrected chi connectivity index (χ1v) is 5.25. The molecule has 3 heteroatoms. The zero-order valence-corrected chi connectivity index (χ0v) is 8.97. The molecule has 2 nitrogen and oxygen atoms in total. The second-order valence-corrected chi connectivity index (χ2v) is 4.11. The number of hydrogen-bond acceptors (Lipinski definition) is 2. The standard InChI is InChI=1S/C11H14ClNO/c1-14-11-5-4-9(12)6-10(11)13-7-8-2-3-8/h4-6,8,13H,2-3,7H2,1H3. The average molecular weight is 212 g/mol. The van der Waals surface area contributed by atoms with E-state index in [0.717, 1.165) is 28.9 Å². The third kappa shape index (κ3) is 2.32. The van der Waals surface area contributed by atoms with E-state index in [1.807, 2.05) is 18.2 Å². The van der Waals surface area contributed by atoms with E-state index in [9.17, 15) is 0 Å². The molecule has 1 fully saturated rings. The molecule has 0 spiro atoms. The molecular formula is C11H14ClNO. The molecule has 14 heavy (non-hydrogen) atoms.